The van der Waals surface area contributed by atoms with E-state index in [1.54, 1.807) is 6.92 Å². The molecule has 0 aliphatic heterocycles. The average Bonchev–Trinajstić information content (AvgIpc) is 2.47. The standard InChI is InChI=1S/C16H25NO3/c1-5-17(6-2)14-11-9-13(10-12-14)15(19-7-3)16(18)20-8-4/h9-12,15H,5-8H2,1-4H3. The van der Waals surface area contributed by atoms with Crippen LogP contribution in [0.2, 0.25) is 0 Å². The fraction of sp³-hybridized carbons (Fsp3) is 0.562. The van der Waals surface area contributed by atoms with E-state index in [9.17, 15) is 4.79 Å². The lowest BCUT2D eigenvalue weighted by Gasteiger charge is -2.22. The summed E-state index contributed by atoms with van der Waals surface area (Å²) in [5.74, 6) is -0.329. The molecule has 0 saturated carbocycles. The maximum absolute atomic E-state index is 11.9. The molecule has 4 nitrogen and oxygen atoms in total. The fourth-order valence-electron chi connectivity index (χ4n) is 2.13. The fourth-order valence-corrected chi connectivity index (χ4v) is 2.13. The van der Waals surface area contributed by atoms with Crippen LogP contribution in [0.4, 0.5) is 5.69 Å². The first kappa shape index (κ1) is 16.5. The quantitative estimate of drug-likeness (QED) is 0.685. The van der Waals surface area contributed by atoms with Gasteiger partial charge in [-0.3, -0.25) is 0 Å². The minimum absolute atomic E-state index is 0.329. The van der Waals surface area contributed by atoms with Crippen LogP contribution in [-0.4, -0.2) is 32.3 Å². The Morgan fingerprint density at radius 2 is 1.65 bits per heavy atom. The first-order chi connectivity index (χ1) is 9.67. The predicted octanol–water partition coefficient (Wildman–Crippen LogP) is 3.17. The lowest BCUT2D eigenvalue weighted by atomic mass is 10.1. The molecule has 112 valence electrons. The number of nitrogens with zero attached hydrogens (tertiary/aromatic N) is 1. The normalized spacial score (nSPS) is 12.0. The largest absolute Gasteiger partial charge is 0.464 e. The van der Waals surface area contributed by atoms with Crippen LogP contribution in [0.15, 0.2) is 24.3 Å². The Morgan fingerprint density at radius 3 is 2.10 bits per heavy atom. The number of hydrogen-bond donors (Lipinski definition) is 0. The third-order valence-electron chi connectivity index (χ3n) is 3.16. The van der Waals surface area contributed by atoms with Crippen molar-refractivity contribution in [3.63, 3.8) is 0 Å². The maximum atomic E-state index is 11.9. The zero-order valence-corrected chi connectivity index (χ0v) is 12.9. The van der Waals surface area contributed by atoms with Gasteiger partial charge in [-0.15, -0.1) is 0 Å². The molecule has 0 radical (unpaired) electrons. The monoisotopic (exact) mass is 279 g/mol. The van der Waals surface area contributed by atoms with Crippen molar-refractivity contribution in [2.75, 3.05) is 31.2 Å². The highest BCUT2D eigenvalue weighted by molar-refractivity contribution is 5.76. The molecule has 0 N–H and O–H groups in total. The lowest BCUT2D eigenvalue weighted by molar-refractivity contribution is -0.157. The van der Waals surface area contributed by atoms with E-state index in [1.165, 1.54) is 0 Å². The van der Waals surface area contributed by atoms with E-state index in [2.05, 4.69) is 18.7 Å². The summed E-state index contributed by atoms with van der Waals surface area (Å²) in [5.41, 5.74) is 1.99. The third-order valence-corrected chi connectivity index (χ3v) is 3.16. The minimum Gasteiger partial charge on any atom is -0.464 e. The van der Waals surface area contributed by atoms with E-state index in [-0.39, 0.29) is 5.97 Å². The van der Waals surface area contributed by atoms with Gasteiger partial charge in [-0.05, 0) is 45.4 Å². The molecular weight excluding hydrogens is 254 g/mol. The zero-order valence-electron chi connectivity index (χ0n) is 12.9. The molecule has 4 heteroatoms. The molecule has 20 heavy (non-hydrogen) atoms. The van der Waals surface area contributed by atoms with Crippen LogP contribution >= 0.6 is 0 Å². The number of benzene rings is 1. The molecule has 0 aliphatic carbocycles. The Kier molecular flexibility index (Phi) is 7.09. The summed E-state index contributed by atoms with van der Waals surface area (Å²) in [6.07, 6.45) is -0.634. The van der Waals surface area contributed by atoms with Crippen LogP contribution < -0.4 is 4.90 Å². The molecule has 1 unspecified atom stereocenters. The highest BCUT2D eigenvalue weighted by Gasteiger charge is 2.22. The topological polar surface area (TPSA) is 38.8 Å². The van der Waals surface area contributed by atoms with Gasteiger partial charge in [0.25, 0.3) is 0 Å². The van der Waals surface area contributed by atoms with Gasteiger partial charge in [-0.1, -0.05) is 12.1 Å². The molecule has 0 aliphatic rings. The SMILES string of the molecule is CCOC(=O)C(OCC)c1ccc(N(CC)CC)cc1. The summed E-state index contributed by atoms with van der Waals surface area (Å²) >= 11 is 0. The van der Waals surface area contributed by atoms with Gasteiger partial charge in [0.1, 0.15) is 0 Å². The van der Waals surface area contributed by atoms with Crippen molar-refractivity contribution in [1.82, 2.24) is 0 Å². The Balaban J connectivity index is 2.90. The van der Waals surface area contributed by atoms with E-state index in [0.29, 0.717) is 13.2 Å². The molecule has 1 atom stereocenters. The summed E-state index contributed by atoms with van der Waals surface area (Å²) in [7, 11) is 0. The van der Waals surface area contributed by atoms with Gasteiger partial charge in [0.05, 0.1) is 6.61 Å². The number of carbonyl (C=O) groups excluding carboxylic acids is 1. The molecule has 0 spiro atoms. The van der Waals surface area contributed by atoms with Gasteiger partial charge in [0.2, 0.25) is 0 Å². The second-order valence-electron chi connectivity index (χ2n) is 4.35. The van der Waals surface area contributed by atoms with Crippen LogP contribution in [0.5, 0.6) is 0 Å². The molecule has 0 saturated heterocycles. The van der Waals surface area contributed by atoms with Gasteiger partial charge >= 0.3 is 5.97 Å². The summed E-state index contributed by atoms with van der Waals surface area (Å²) in [4.78, 5) is 14.2. The van der Waals surface area contributed by atoms with Crippen LogP contribution in [-0.2, 0) is 14.3 Å². The average molecular weight is 279 g/mol. The Hall–Kier alpha value is -1.55. The zero-order chi connectivity index (χ0) is 15.0. The van der Waals surface area contributed by atoms with Gasteiger partial charge in [-0.25, -0.2) is 4.79 Å². The Morgan fingerprint density at radius 1 is 1.05 bits per heavy atom. The van der Waals surface area contributed by atoms with Crippen molar-refractivity contribution in [1.29, 1.82) is 0 Å². The van der Waals surface area contributed by atoms with E-state index >= 15 is 0 Å². The molecular formula is C16H25NO3. The number of hydrogen-bond acceptors (Lipinski definition) is 4. The molecule has 0 amide bonds. The molecule has 0 aromatic heterocycles. The lowest BCUT2D eigenvalue weighted by Crippen LogP contribution is -2.22. The van der Waals surface area contributed by atoms with Gasteiger partial charge in [0.15, 0.2) is 6.10 Å². The second kappa shape index (κ2) is 8.59. The van der Waals surface area contributed by atoms with Crippen LogP contribution in [0, 0.1) is 0 Å². The summed E-state index contributed by atoms with van der Waals surface area (Å²) in [6.45, 7) is 10.7. The first-order valence-corrected chi connectivity index (χ1v) is 7.30. The van der Waals surface area contributed by atoms with E-state index < -0.39 is 6.10 Å². The predicted molar refractivity (Wildman–Crippen MR) is 81.0 cm³/mol. The van der Waals surface area contributed by atoms with Crippen molar-refractivity contribution >= 4 is 11.7 Å². The summed E-state index contributed by atoms with van der Waals surface area (Å²) < 4.78 is 10.6. The maximum Gasteiger partial charge on any atom is 0.339 e. The van der Waals surface area contributed by atoms with Crippen LogP contribution in [0.1, 0.15) is 39.4 Å². The minimum atomic E-state index is -0.634. The second-order valence-corrected chi connectivity index (χ2v) is 4.35. The molecule has 1 rings (SSSR count). The summed E-state index contributed by atoms with van der Waals surface area (Å²) in [6, 6.07) is 7.91. The number of carbonyl (C=O) groups is 1. The third kappa shape index (κ3) is 4.23. The molecule has 0 bridgehead atoms. The number of ether oxygens (including phenoxy) is 2. The van der Waals surface area contributed by atoms with Gasteiger partial charge in [0, 0.05) is 25.4 Å². The first-order valence-electron chi connectivity index (χ1n) is 7.30. The van der Waals surface area contributed by atoms with Gasteiger partial charge in [-0.2, -0.15) is 0 Å². The molecule has 0 fully saturated rings. The number of anilines is 1. The Labute approximate surface area is 121 Å². The molecule has 0 heterocycles. The summed E-state index contributed by atoms with van der Waals surface area (Å²) in [5, 5.41) is 0. The molecule has 1 aromatic carbocycles. The molecule has 1 aromatic rings. The van der Waals surface area contributed by atoms with E-state index in [0.717, 1.165) is 24.3 Å². The van der Waals surface area contributed by atoms with Crippen molar-refractivity contribution in [3.05, 3.63) is 29.8 Å². The number of esters is 1. The number of rotatable bonds is 8. The Bertz CT molecular complexity index is 399. The van der Waals surface area contributed by atoms with Crippen molar-refractivity contribution in [2.45, 2.75) is 33.8 Å². The van der Waals surface area contributed by atoms with Crippen LogP contribution in [0.3, 0.4) is 0 Å². The highest BCUT2D eigenvalue weighted by Crippen LogP contribution is 2.23. The van der Waals surface area contributed by atoms with Crippen molar-refractivity contribution < 1.29 is 14.3 Å². The van der Waals surface area contributed by atoms with E-state index in [4.69, 9.17) is 9.47 Å². The smallest absolute Gasteiger partial charge is 0.339 e. The highest BCUT2D eigenvalue weighted by atomic mass is 16.6. The van der Waals surface area contributed by atoms with Crippen LogP contribution in [0.25, 0.3) is 0 Å². The van der Waals surface area contributed by atoms with Crippen molar-refractivity contribution in [3.8, 4) is 0 Å². The van der Waals surface area contributed by atoms with E-state index in [1.807, 2.05) is 31.2 Å². The van der Waals surface area contributed by atoms with Crippen molar-refractivity contribution in [2.24, 2.45) is 0 Å². The van der Waals surface area contributed by atoms with Gasteiger partial charge < -0.3 is 14.4 Å².